The van der Waals surface area contributed by atoms with Gasteiger partial charge in [0.15, 0.2) is 0 Å². The first kappa shape index (κ1) is 16.3. The second-order valence-corrected chi connectivity index (χ2v) is 4.38. The number of hydrogen-bond donors (Lipinski definition) is 1. The minimum Gasteiger partial charge on any atom is -0.508 e. The van der Waals surface area contributed by atoms with E-state index in [9.17, 15) is 23.1 Å². The molecule has 1 amide bonds. The van der Waals surface area contributed by atoms with Gasteiger partial charge in [0.25, 0.3) is 0 Å². The zero-order valence-corrected chi connectivity index (χ0v) is 11.1. The molecule has 0 radical (unpaired) electrons. The van der Waals surface area contributed by atoms with E-state index in [1.54, 1.807) is 19.1 Å². The minimum atomic E-state index is -4.44. The molecule has 1 unspecified atom stereocenters. The molecule has 1 aromatic carbocycles. The first-order valence-corrected chi connectivity index (χ1v) is 5.90. The van der Waals surface area contributed by atoms with E-state index in [-0.39, 0.29) is 11.8 Å². The Kier molecular flexibility index (Phi) is 5.38. The average Bonchev–Trinajstić information content (AvgIpc) is 2.36. The van der Waals surface area contributed by atoms with Crippen LogP contribution in [0.25, 0.3) is 0 Å². The number of phenols is 1. The molecule has 0 aliphatic rings. The Balaban J connectivity index is 2.53. The van der Waals surface area contributed by atoms with E-state index in [1.165, 1.54) is 24.1 Å². The van der Waals surface area contributed by atoms with Crippen molar-refractivity contribution in [3.63, 3.8) is 0 Å². The Morgan fingerprint density at radius 2 is 1.90 bits per heavy atom. The van der Waals surface area contributed by atoms with E-state index in [4.69, 9.17) is 0 Å². The highest BCUT2D eigenvalue weighted by molar-refractivity contribution is 5.77. The molecule has 0 aliphatic carbocycles. The van der Waals surface area contributed by atoms with Gasteiger partial charge < -0.3 is 14.7 Å². The molecule has 20 heavy (non-hydrogen) atoms. The Labute approximate surface area is 114 Å². The molecule has 0 heterocycles. The maximum Gasteiger partial charge on any atom is 0.411 e. The molecule has 112 valence electrons. The van der Waals surface area contributed by atoms with Crippen molar-refractivity contribution in [2.24, 2.45) is 0 Å². The predicted octanol–water partition coefficient (Wildman–Crippen LogP) is 2.49. The van der Waals surface area contributed by atoms with Gasteiger partial charge in [-0.15, -0.1) is 0 Å². The van der Waals surface area contributed by atoms with Crippen LogP contribution in [0.1, 0.15) is 18.5 Å². The summed E-state index contributed by atoms with van der Waals surface area (Å²) in [7, 11) is 1.48. The normalized spacial score (nSPS) is 13.1. The minimum absolute atomic E-state index is 0.100. The summed E-state index contributed by atoms with van der Waals surface area (Å²) in [5.41, 5.74) is 0.759. The molecule has 0 aliphatic heterocycles. The summed E-state index contributed by atoms with van der Waals surface area (Å²) in [4.78, 5) is 13.0. The van der Waals surface area contributed by atoms with Crippen molar-refractivity contribution < 1.29 is 27.8 Å². The first-order chi connectivity index (χ1) is 9.20. The van der Waals surface area contributed by atoms with Crippen LogP contribution < -0.4 is 0 Å². The monoisotopic (exact) mass is 291 g/mol. The summed E-state index contributed by atoms with van der Waals surface area (Å²) in [6.07, 6.45) is -4.44. The molecule has 0 fully saturated rings. The van der Waals surface area contributed by atoms with Crippen molar-refractivity contribution in [2.45, 2.75) is 19.1 Å². The number of amides is 1. The summed E-state index contributed by atoms with van der Waals surface area (Å²) >= 11 is 0. The Morgan fingerprint density at radius 1 is 1.35 bits per heavy atom. The molecule has 1 N–H and O–H groups in total. The maximum atomic E-state index is 11.9. The van der Waals surface area contributed by atoms with Gasteiger partial charge in [0, 0.05) is 7.05 Å². The fraction of sp³-hybridized carbons (Fsp3) is 0.462. The quantitative estimate of drug-likeness (QED) is 0.906. The molecule has 1 rings (SSSR count). The predicted molar refractivity (Wildman–Crippen MR) is 66.2 cm³/mol. The van der Waals surface area contributed by atoms with Crippen molar-refractivity contribution >= 4 is 5.91 Å². The molecule has 0 saturated carbocycles. The summed E-state index contributed by atoms with van der Waals surface area (Å²) < 4.78 is 40.0. The second kappa shape index (κ2) is 6.60. The molecular formula is C13H16F3NO3. The lowest BCUT2D eigenvalue weighted by Crippen LogP contribution is -2.33. The van der Waals surface area contributed by atoms with Gasteiger partial charge in [-0.3, -0.25) is 4.79 Å². The number of benzene rings is 1. The van der Waals surface area contributed by atoms with Gasteiger partial charge in [-0.1, -0.05) is 12.1 Å². The lowest BCUT2D eigenvalue weighted by Gasteiger charge is -2.25. The number of nitrogens with zero attached hydrogens (tertiary/aromatic N) is 1. The molecule has 7 heteroatoms. The third-order valence-electron chi connectivity index (χ3n) is 2.84. The number of aromatic hydroxyl groups is 1. The van der Waals surface area contributed by atoms with Gasteiger partial charge in [0.2, 0.25) is 5.91 Å². The fourth-order valence-corrected chi connectivity index (χ4v) is 1.55. The first-order valence-electron chi connectivity index (χ1n) is 5.90. The van der Waals surface area contributed by atoms with Crippen molar-refractivity contribution in [1.29, 1.82) is 0 Å². The number of carbonyl (C=O) groups is 1. The van der Waals surface area contributed by atoms with E-state index >= 15 is 0 Å². The Hall–Kier alpha value is -1.76. The summed E-state index contributed by atoms with van der Waals surface area (Å²) in [6, 6.07) is 5.90. The van der Waals surface area contributed by atoms with E-state index in [0.717, 1.165) is 5.56 Å². The largest absolute Gasteiger partial charge is 0.508 e. The van der Waals surface area contributed by atoms with Gasteiger partial charge in [0.1, 0.15) is 19.0 Å². The second-order valence-electron chi connectivity index (χ2n) is 4.38. The van der Waals surface area contributed by atoms with Crippen LogP contribution >= 0.6 is 0 Å². The van der Waals surface area contributed by atoms with Crippen LogP contribution in [0, 0.1) is 0 Å². The molecule has 1 aromatic rings. The average molecular weight is 291 g/mol. The number of carbonyl (C=O) groups excluding carboxylic acids is 1. The number of rotatable bonds is 5. The van der Waals surface area contributed by atoms with Gasteiger partial charge in [-0.25, -0.2) is 0 Å². The number of hydrogen-bond acceptors (Lipinski definition) is 3. The highest BCUT2D eigenvalue weighted by Gasteiger charge is 2.28. The van der Waals surface area contributed by atoms with Crippen LogP contribution in [0.5, 0.6) is 5.75 Å². The smallest absolute Gasteiger partial charge is 0.411 e. The zero-order valence-electron chi connectivity index (χ0n) is 11.1. The van der Waals surface area contributed by atoms with Crippen LogP contribution in [0.2, 0.25) is 0 Å². The summed E-state index contributed by atoms with van der Waals surface area (Å²) in [6.45, 7) is -0.341. The molecule has 0 spiro atoms. The van der Waals surface area contributed by atoms with E-state index < -0.39 is 25.3 Å². The van der Waals surface area contributed by atoms with E-state index in [0.29, 0.717) is 0 Å². The number of likely N-dealkylation sites (N-methyl/N-ethyl adjacent to an activating group) is 1. The van der Waals surface area contributed by atoms with E-state index in [2.05, 4.69) is 4.74 Å². The Morgan fingerprint density at radius 3 is 2.40 bits per heavy atom. The number of halogens is 3. The molecule has 0 saturated heterocycles. The highest BCUT2D eigenvalue weighted by Crippen LogP contribution is 2.21. The van der Waals surface area contributed by atoms with Crippen LogP contribution in [-0.2, 0) is 9.53 Å². The molecule has 0 bridgehead atoms. The third kappa shape index (κ3) is 5.08. The fourth-order valence-electron chi connectivity index (χ4n) is 1.55. The lowest BCUT2D eigenvalue weighted by atomic mass is 10.1. The van der Waals surface area contributed by atoms with Crippen LogP contribution in [0.15, 0.2) is 24.3 Å². The van der Waals surface area contributed by atoms with Crippen molar-refractivity contribution in [2.75, 3.05) is 20.3 Å². The highest BCUT2D eigenvalue weighted by atomic mass is 19.4. The zero-order chi connectivity index (χ0) is 15.3. The molecule has 1 atom stereocenters. The van der Waals surface area contributed by atoms with E-state index in [1.807, 2.05) is 0 Å². The Bertz CT molecular complexity index is 445. The SMILES string of the molecule is CC(c1ccc(O)cc1)N(C)C(=O)COCC(F)(F)F. The van der Waals surface area contributed by atoms with Crippen molar-refractivity contribution in [3.05, 3.63) is 29.8 Å². The summed E-state index contributed by atoms with van der Waals surface area (Å²) in [5.74, 6) is -0.446. The number of ether oxygens (including phenoxy) is 1. The van der Waals surface area contributed by atoms with Gasteiger partial charge in [-0.05, 0) is 24.6 Å². The van der Waals surface area contributed by atoms with Crippen molar-refractivity contribution in [3.8, 4) is 5.75 Å². The molecule has 4 nitrogen and oxygen atoms in total. The number of alkyl halides is 3. The molecule has 0 aromatic heterocycles. The maximum absolute atomic E-state index is 11.9. The number of phenolic OH excluding ortho intramolecular Hbond substituents is 1. The van der Waals surface area contributed by atoms with Crippen molar-refractivity contribution in [1.82, 2.24) is 4.90 Å². The van der Waals surface area contributed by atoms with Crippen LogP contribution in [0.3, 0.4) is 0 Å². The van der Waals surface area contributed by atoms with Gasteiger partial charge in [0.05, 0.1) is 6.04 Å². The van der Waals surface area contributed by atoms with Gasteiger partial charge >= 0.3 is 6.18 Å². The van der Waals surface area contributed by atoms with Crippen LogP contribution in [0.4, 0.5) is 13.2 Å². The summed E-state index contributed by atoms with van der Waals surface area (Å²) in [5, 5.41) is 9.17. The lowest BCUT2D eigenvalue weighted by molar-refractivity contribution is -0.178. The topological polar surface area (TPSA) is 49.8 Å². The molecular weight excluding hydrogens is 275 g/mol. The standard InChI is InChI=1S/C13H16F3NO3/c1-9(10-3-5-11(18)6-4-10)17(2)12(19)7-20-8-13(14,15)16/h3-6,9,18H,7-8H2,1-2H3. The third-order valence-corrected chi connectivity index (χ3v) is 2.84. The van der Waals surface area contributed by atoms with Gasteiger partial charge in [-0.2, -0.15) is 13.2 Å². The van der Waals surface area contributed by atoms with Crippen LogP contribution in [-0.4, -0.2) is 42.4 Å².